The Hall–Kier alpha value is -1.70. The summed E-state index contributed by atoms with van der Waals surface area (Å²) in [7, 11) is 0. The van der Waals surface area contributed by atoms with Crippen molar-refractivity contribution < 1.29 is 0 Å². The Bertz CT molecular complexity index is 554. The van der Waals surface area contributed by atoms with Crippen molar-refractivity contribution in [2.75, 3.05) is 5.32 Å². The number of benzene rings is 1. The van der Waals surface area contributed by atoms with E-state index in [0.29, 0.717) is 0 Å². The quantitative estimate of drug-likeness (QED) is 0.872. The topological polar surface area (TPSA) is 17.0 Å². The number of aryl methyl sites for hydroxylation is 2. The van der Waals surface area contributed by atoms with Crippen molar-refractivity contribution >= 4 is 5.69 Å². The van der Waals surface area contributed by atoms with Crippen LogP contribution in [-0.2, 0) is 25.9 Å². The third kappa shape index (κ3) is 2.53. The van der Waals surface area contributed by atoms with Gasteiger partial charge < -0.3 is 9.88 Å². The second-order valence-electron chi connectivity index (χ2n) is 5.29. The highest BCUT2D eigenvalue weighted by molar-refractivity contribution is 5.55. The first-order chi connectivity index (χ1) is 9.38. The van der Waals surface area contributed by atoms with Crippen LogP contribution in [0, 0.1) is 0 Å². The van der Waals surface area contributed by atoms with Gasteiger partial charge in [0.1, 0.15) is 0 Å². The van der Waals surface area contributed by atoms with E-state index in [0.717, 1.165) is 13.1 Å². The summed E-state index contributed by atoms with van der Waals surface area (Å²) >= 11 is 0. The number of fused-ring (bicyclic) bond motifs is 1. The molecule has 0 unspecified atom stereocenters. The molecule has 0 spiro atoms. The van der Waals surface area contributed by atoms with Gasteiger partial charge in [0.05, 0.1) is 6.54 Å². The van der Waals surface area contributed by atoms with Gasteiger partial charge in [0.25, 0.3) is 0 Å². The normalized spacial score (nSPS) is 14.2. The molecule has 2 aromatic rings. The molecule has 2 nitrogen and oxygen atoms in total. The zero-order chi connectivity index (χ0) is 13.1. The maximum absolute atomic E-state index is 3.63. The van der Waals surface area contributed by atoms with Crippen LogP contribution >= 0.6 is 0 Å². The second kappa shape index (κ2) is 5.52. The van der Waals surface area contributed by atoms with E-state index in [1.165, 1.54) is 37.1 Å². The molecule has 2 heteroatoms. The van der Waals surface area contributed by atoms with E-state index >= 15 is 0 Å². The number of hydrogen-bond donors (Lipinski definition) is 1. The maximum atomic E-state index is 3.63. The van der Waals surface area contributed by atoms with Gasteiger partial charge in [0.15, 0.2) is 0 Å². The molecule has 0 saturated heterocycles. The first kappa shape index (κ1) is 12.3. The molecule has 0 radical (unpaired) electrons. The average molecular weight is 254 g/mol. The van der Waals surface area contributed by atoms with E-state index in [4.69, 9.17) is 0 Å². The second-order valence-corrected chi connectivity index (χ2v) is 5.29. The minimum absolute atomic E-state index is 0.914. The number of nitrogens with zero attached hydrogens (tertiary/aromatic N) is 1. The fraction of sp³-hybridized carbons (Fsp3) is 0.412. The smallest absolute Gasteiger partial charge is 0.0553 e. The van der Waals surface area contributed by atoms with Crippen molar-refractivity contribution in [3.63, 3.8) is 0 Å². The Balaban J connectivity index is 1.77. The predicted molar refractivity (Wildman–Crippen MR) is 80.5 cm³/mol. The fourth-order valence-corrected chi connectivity index (χ4v) is 3.05. The zero-order valence-corrected chi connectivity index (χ0v) is 11.7. The van der Waals surface area contributed by atoms with Crippen molar-refractivity contribution in [2.45, 2.75) is 45.7 Å². The molecular formula is C17H22N2. The number of nitrogens with one attached hydrogen (secondary N) is 1. The Labute approximate surface area is 115 Å². The van der Waals surface area contributed by atoms with Gasteiger partial charge in [0.2, 0.25) is 0 Å². The molecule has 19 heavy (non-hydrogen) atoms. The summed E-state index contributed by atoms with van der Waals surface area (Å²) < 4.78 is 2.29. The lowest BCUT2D eigenvalue weighted by Crippen LogP contribution is -2.10. The van der Waals surface area contributed by atoms with E-state index in [1.54, 1.807) is 11.1 Å². The Morgan fingerprint density at radius 1 is 1.11 bits per heavy atom. The fourth-order valence-electron chi connectivity index (χ4n) is 3.05. The number of anilines is 1. The van der Waals surface area contributed by atoms with Gasteiger partial charge in [-0.05, 0) is 61.9 Å². The molecule has 1 N–H and O–H groups in total. The highest BCUT2D eigenvalue weighted by Crippen LogP contribution is 2.28. The van der Waals surface area contributed by atoms with E-state index in [1.807, 2.05) is 0 Å². The number of rotatable bonds is 4. The molecule has 1 aromatic heterocycles. The van der Waals surface area contributed by atoms with Crippen LogP contribution in [-0.4, -0.2) is 4.57 Å². The highest BCUT2D eigenvalue weighted by atomic mass is 15.0. The van der Waals surface area contributed by atoms with Gasteiger partial charge in [-0.15, -0.1) is 0 Å². The van der Waals surface area contributed by atoms with Crippen LogP contribution < -0.4 is 5.32 Å². The van der Waals surface area contributed by atoms with Crippen LogP contribution in [0.3, 0.4) is 0 Å². The largest absolute Gasteiger partial charge is 0.379 e. The predicted octanol–water partition coefficient (Wildman–Crippen LogP) is 4.00. The maximum Gasteiger partial charge on any atom is 0.0553 e. The summed E-state index contributed by atoms with van der Waals surface area (Å²) in [6.07, 6.45) is 7.30. The first-order valence-corrected chi connectivity index (χ1v) is 7.37. The standard InChI is InChI=1S/C17H22N2/c1-2-19-12-6-9-15(19)13-18-17-11-5-8-14-7-3-4-10-16(14)17/h5-6,8-9,11-12,18H,2-4,7,10,13H2,1H3. The third-order valence-corrected chi connectivity index (χ3v) is 4.12. The molecule has 0 saturated carbocycles. The van der Waals surface area contributed by atoms with Gasteiger partial charge in [-0.1, -0.05) is 12.1 Å². The summed E-state index contributed by atoms with van der Waals surface area (Å²) in [6, 6.07) is 11.0. The molecule has 100 valence electrons. The van der Waals surface area contributed by atoms with E-state index in [-0.39, 0.29) is 0 Å². The average Bonchev–Trinajstić information content (AvgIpc) is 2.92. The number of hydrogen-bond acceptors (Lipinski definition) is 1. The Morgan fingerprint density at radius 2 is 2.00 bits per heavy atom. The SMILES string of the molecule is CCn1cccc1CNc1cccc2c1CCCC2. The lowest BCUT2D eigenvalue weighted by Gasteiger charge is -2.20. The summed E-state index contributed by atoms with van der Waals surface area (Å²) in [6.45, 7) is 4.14. The monoisotopic (exact) mass is 254 g/mol. The molecule has 1 aliphatic carbocycles. The molecule has 0 bridgehead atoms. The van der Waals surface area contributed by atoms with Crippen LogP contribution in [0.5, 0.6) is 0 Å². The summed E-state index contributed by atoms with van der Waals surface area (Å²) in [5, 5.41) is 3.63. The molecular weight excluding hydrogens is 232 g/mol. The van der Waals surface area contributed by atoms with Crippen molar-refractivity contribution in [3.8, 4) is 0 Å². The summed E-state index contributed by atoms with van der Waals surface area (Å²) in [5.74, 6) is 0. The highest BCUT2D eigenvalue weighted by Gasteiger charge is 2.12. The van der Waals surface area contributed by atoms with Gasteiger partial charge in [0, 0.05) is 24.1 Å². The first-order valence-electron chi connectivity index (χ1n) is 7.37. The van der Waals surface area contributed by atoms with E-state index in [2.05, 4.69) is 53.3 Å². The molecule has 3 rings (SSSR count). The molecule has 0 atom stereocenters. The lowest BCUT2D eigenvalue weighted by atomic mass is 9.90. The molecule has 1 aromatic carbocycles. The van der Waals surface area contributed by atoms with E-state index < -0.39 is 0 Å². The summed E-state index contributed by atoms with van der Waals surface area (Å²) in [5.41, 5.74) is 5.78. The minimum Gasteiger partial charge on any atom is -0.379 e. The van der Waals surface area contributed by atoms with Crippen LogP contribution in [0.4, 0.5) is 5.69 Å². The molecule has 1 heterocycles. The van der Waals surface area contributed by atoms with Gasteiger partial charge in [-0.25, -0.2) is 0 Å². The number of aromatic nitrogens is 1. The van der Waals surface area contributed by atoms with Gasteiger partial charge >= 0.3 is 0 Å². The molecule has 0 amide bonds. The van der Waals surface area contributed by atoms with Crippen LogP contribution in [0.2, 0.25) is 0 Å². The lowest BCUT2D eigenvalue weighted by molar-refractivity contribution is 0.685. The van der Waals surface area contributed by atoms with Crippen LogP contribution in [0.25, 0.3) is 0 Å². The van der Waals surface area contributed by atoms with Gasteiger partial charge in [-0.3, -0.25) is 0 Å². The molecule has 0 aliphatic heterocycles. The Morgan fingerprint density at radius 3 is 2.89 bits per heavy atom. The van der Waals surface area contributed by atoms with Crippen LogP contribution in [0.1, 0.15) is 36.6 Å². The van der Waals surface area contributed by atoms with Crippen molar-refractivity contribution in [2.24, 2.45) is 0 Å². The van der Waals surface area contributed by atoms with Crippen molar-refractivity contribution in [1.82, 2.24) is 4.57 Å². The van der Waals surface area contributed by atoms with Crippen molar-refractivity contribution in [1.29, 1.82) is 0 Å². The van der Waals surface area contributed by atoms with E-state index in [9.17, 15) is 0 Å². The zero-order valence-electron chi connectivity index (χ0n) is 11.7. The Kier molecular flexibility index (Phi) is 3.58. The molecule has 1 aliphatic rings. The summed E-state index contributed by atoms with van der Waals surface area (Å²) in [4.78, 5) is 0. The van der Waals surface area contributed by atoms with Crippen molar-refractivity contribution in [3.05, 3.63) is 53.3 Å². The minimum atomic E-state index is 0.914. The van der Waals surface area contributed by atoms with Gasteiger partial charge in [-0.2, -0.15) is 0 Å². The van der Waals surface area contributed by atoms with Crippen LogP contribution in [0.15, 0.2) is 36.5 Å². The molecule has 0 fully saturated rings. The third-order valence-electron chi connectivity index (χ3n) is 4.12.